The van der Waals surface area contributed by atoms with E-state index in [4.69, 9.17) is 4.74 Å². The van der Waals surface area contributed by atoms with E-state index >= 15 is 0 Å². The van der Waals surface area contributed by atoms with E-state index in [0.29, 0.717) is 18.7 Å². The first kappa shape index (κ1) is 26.4. The lowest BCUT2D eigenvalue weighted by Gasteiger charge is -2.36. The number of carbonyl (C=O) groups is 3. The van der Waals surface area contributed by atoms with E-state index in [9.17, 15) is 24.5 Å². The van der Waals surface area contributed by atoms with Crippen LogP contribution in [0.2, 0.25) is 0 Å². The molecule has 1 aliphatic rings. The number of hydrogen-bond acceptors (Lipinski definition) is 7. The summed E-state index contributed by atoms with van der Waals surface area (Å²) in [7, 11) is 0. The van der Waals surface area contributed by atoms with Gasteiger partial charge in [0.05, 0.1) is 9.79 Å². The first-order chi connectivity index (χ1) is 15.2. The molecule has 0 aromatic heterocycles. The summed E-state index contributed by atoms with van der Waals surface area (Å²) in [5, 5.41) is 16.2. The minimum absolute atomic E-state index is 0.0104. The van der Waals surface area contributed by atoms with Crippen LogP contribution in [0.4, 0.5) is 10.5 Å². The Balaban J connectivity index is 1.98. The van der Waals surface area contributed by atoms with Crippen molar-refractivity contribution in [2.45, 2.75) is 70.5 Å². The Kier molecular flexibility index (Phi) is 8.34. The minimum atomic E-state index is -0.867. The van der Waals surface area contributed by atoms with Crippen molar-refractivity contribution in [3.63, 3.8) is 0 Å². The van der Waals surface area contributed by atoms with Crippen LogP contribution in [0.3, 0.4) is 0 Å². The van der Waals surface area contributed by atoms with Gasteiger partial charge in [0, 0.05) is 24.4 Å². The van der Waals surface area contributed by atoms with Gasteiger partial charge in [0.1, 0.15) is 17.7 Å². The number of nitrogens with zero attached hydrogens (tertiary/aromatic N) is 2. The second kappa shape index (κ2) is 10.4. The molecule has 33 heavy (non-hydrogen) atoms. The van der Waals surface area contributed by atoms with Gasteiger partial charge in [0.25, 0.3) is 5.69 Å². The molecule has 0 aliphatic carbocycles. The number of rotatable bonds is 7. The van der Waals surface area contributed by atoms with Crippen LogP contribution >= 0.6 is 11.8 Å². The zero-order valence-corrected chi connectivity index (χ0v) is 20.7. The highest BCUT2D eigenvalue weighted by Gasteiger charge is 2.47. The van der Waals surface area contributed by atoms with Crippen LogP contribution < -0.4 is 10.6 Å². The predicted molar refractivity (Wildman–Crippen MR) is 126 cm³/mol. The fourth-order valence-electron chi connectivity index (χ4n) is 3.40. The maximum atomic E-state index is 13.2. The van der Waals surface area contributed by atoms with Crippen LogP contribution in [-0.2, 0) is 20.7 Å². The van der Waals surface area contributed by atoms with Crippen LogP contribution in [0.1, 0.15) is 47.1 Å². The lowest BCUT2D eigenvalue weighted by atomic mass is 10.1. The van der Waals surface area contributed by atoms with Crippen molar-refractivity contribution in [2.24, 2.45) is 0 Å². The van der Waals surface area contributed by atoms with Gasteiger partial charge in [-0.1, -0.05) is 12.1 Å². The molecule has 11 heteroatoms. The molecule has 0 unspecified atom stereocenters. The molecule has 0 spiro atoms. The molecule has 3 amide bonds. The number of nitro benzene ring substituents is 1. The first-order valence-electron chi connectivity index (χ1n) is 10.7. The normalized spacial score (nSPS) is 18.4. The number of nitro groups is 1. The Morgan fingerprint density at radius 1 is 1.27 bits per heavy atom. The lowest BCUT2D eigenvalue weighted by Crippen LogP contribution is -2.58. The summed E-state index contributed by atoms with van der Waals surface area (Å²) in [6.07, 6.45) is -0.200. The molecule has 1 aliphatic heterocycles. The first-order valence-corrected chi connectivity index (χ1v) is 11.7. The Labute approximate surface area is 197 Å². The highest BCUT2D eigenvalue weighted by molar-refractivity contribution is 8.00. The highest BCUT2D eigenvalue weighted by Crippen LogP contribution is 2.39. The number of hydrogen-bond donors (Lipinski definition) is 2. The average molecular weight is 481 g/mol. The van der Waals surface area contributed by atoms with E-state index in [0.717, 1.165) is 5.56 Å². The molecule has 0 radical (unpaired) electrons. The Bertz CT molecular complexity index is 897. The van der Waals surface area contributed by atoms with Gasteiger partial charge in [0.15, 0.2) is 0 Å². The lowest BCUT2D eigenvalue weighted by molar-refractivity contribution is -0.384. The summed E-state index contributed by atoms with van der Waals surface area (Å²) in [4.78, 5) is 49.3. The van der Waals surface area contributed by atoms with E-state index < -0.39 is 33.6 Å². The van der Waals surface area contributed by atoms with Gasteiger partial charge in [-0.15, -0.1) is 11.8 Å². The monoisotopic (exact) mass is 480 g/mol. The molecule has 182 valence electrons. The summed E-state index contributed by atoms with van der Waals surface area (Å²) < 4.78 is 5.22. The fourth-order valence-corrected chi connectivity index (χ4v) is 4.62. The van der Waals surface area contributed by atoms with Crippen molar-refractivity contribution in [2.75, 3.05) is 12.3 Å². The number of benzene rings is 1. The topological polar surface area (TPSA) is 131 Å². The van der Waals surface area contributed by atoms with Crippen molar-refractivity contribution in [1.82, 2.24) is 15.5 Å². The van der Waals surface area contributed by atoms with Crippen LogP contribution in [0.5, 0.6) is 0 Å². The van der Waals surface area contributed by atoms with E-state index in [1.54, 1.807) is 39.8 Å². The number of amides is 3. The van der Waals surface area contributed by atoms with Gasteiger partial charge in [-0.2, -0.15) is 0 Å². The summed E-state index contributed by atoms with van der Waals surface area (Å²) in [6, 6.07) is 4.60. The summed E-state index contributed by atoms with van der Waals surface area (Å²) in [5.74, 6) is -0.222. The van der Waals surface area contributed by atoms with Crippen molar-refractivity contribution in [3.05, 3.63) is 39.9 Å². The smallest absolute Gasteiger partial charge is 0.408 e. The van der Waals surface area contributed by atoms with Crippen molar-refractivity contribution in [1.29, 1.82) is 0 Å². The molecule has 0 bridgehead atoms. The Morgan fingerprint density at radius 3 is 2.42 bits per heavy atom. The second-order valence-electron chi connectivity index (χ2n) is 9.31. The number of alkyl carbamates (subject to hydrolysis) is 1. The van der Waals surface area contributed by atoms with Crippen molar-refractivity contribution in [3.8, 4) is 0 Å². The van der Waals surface area contributed by atoms with Gasteiger partial charge in [-0.25, -0.2) is 4.79 Å². The molecule has 1 aromatic carbocycles. The highest BCUT2D eigenvalue weighted by atomic mass is 32.2. The van der Waals surface area contributed by atoms with Crippen molar-refractivity contribution >= 4 is 35.4 Å². The van der Waals surface area contributed by atoms with E-state index in [2.05, 4.69) is 10.6 Å². The maximum absolute atomic E-state index is 13.2. The summed E-state index contributed by atoms with van der Waals surface area (Å²) >= 11 is 1.49. The SMILES string of the molecule is C[C@H](NC(=O)OC(C)(C)C)C(=O)N1[C@H](C(=O)NCCc2ccc([N+](=O)[O-])cc2)CSC1(C)C. The molecule has 10 nitrogen and oxygen atoms in total. The third kappa shape index (κ3) is 7.34. The second-order valence-corrected chi connectivity index (χ2v) is 10.9. The molecular weight excluding hydrogens is 448 g/mol. The van der Waals surface area contributed by atoms with Gasteiger partial charge in [-0.05, 0) is 53.5 Å². The van der Waals surface area contributed by atoms with E-state index in [1.807, 2.05) is 13.8 Å². The van der Waals surface area contributed by atoms with Crippen molar-refractivity contribution < 1.29 is 24.0 Å². The van der Waals surface area contributed by atoms with Crippen LogP contribution in [0.15, 0.2) is 24.3 Å². The third-order valence-corrected chi connectivity index (χ3v) is 6.38. The average Bonchev–Trinajstić information content (AvgIpc) is 3.01. The largest absolute Gasteiger partial charge is 0.444 e. The molecule has 2 rings (SSSR count). The number of carbonyl (C=O) groups excluding carboxylic acids is 3. The molecule has 1 saturated heterocycles. The molecule has 0 saturated carbocycles. The number of thioether (sulfide) groups is 1. The van der Waals surface area contributed by atoms with Gasteiger partial charge >= 0.3 is 6.09 Å². The van der Waals surface area contributed by atoms with E-state index in [1.165, 1.54) is 28.8 Å². The molecular formula is C22H32N4O6S. The van der Waals surface area contributed by atoms with Crippen LogP contribution in [-0.4, -0.2) is 62.6 Å². The predicted octanol–water partition coefficient (Wildman–Crippen LogP) is 2.85. The third-order valence-electron chi connectivity index (χ3n) is 4.99. The summed E-state index contributed by atoms with van der Waals surface area (Å²) in [6.45, 7) is 10.8. The fraction of sp³-hybridized carbons (Fsp3) is 0.591. The molecule has 2 N–H and O–H groups in total. The Hall–Kier alpha value is -2.82. The zero-order valence-electron chi connectivity index (χ0n) is 19.8. The van der Waals surface area contributed by atoms with Crippen LogP contribution in [0, 0.1) is 10.1 Å². The molecule has 1 fully saturated rings. The minimum Gasteiger partial charge on any atom is -0.444 e. The standard InChI is InChI=1S/C22H32N4O6S/c1-14(24-20(29)32-21(2,3)4)19(28)25-17(13-33-22(25,5)6)18(27)23-12-11-15-7-9-16(10-8-15)26(30)31/h7-10,14,17H,11-13H2,1-6H3,(H,23,27)(H,24,29)/t14-,17-/m0/s1. The quantitative estimate of drug-likeness (QED) is 0.453. The number of non-ortho nitro benzene ring substituents is 1. The van der Waals surface area contributed by atoms with Gasteiger partial charge in [0.2, 0.25) is 11.8 Å². The van der Waals surface area contributed by atoms with E-state index in [-0.39, 0.29) is 17.5 Å². The Morgan fingerprint density at radius 2 is 1.88 bits per heavy atom. The number of nitrogens with one attached hydrogen (secondary N) is 2. The number of ether oxygens (including phenoxy) is 1. The van der Waals surface area contributed by atoms with Crippen LogP contribution in [0.25, 0.3) is 0 Å². The molecule has 1 heterocycles. The molecule has 2 atom stereocenters. The summed E-state index contributed by atoms with van der Waals surface area (Å²) in [5.41, 5.74) is 0.170. The maximum Gasteiger partial charge on any atom is 0.408 e. The van der Waals surface area contributed by atoms with Gasteiger partial charge < -0.3 is 20.3 Å². The van der Waals surface area contributed by atoms with Gasteiger partial charge in [-0.3, -0.25) is 19.7 Å². The zero-order chi connectivity index (χ0) is 25.0. The molecule has 1 aromatic rings.